The monoisotopic (exact) mass is 268 g/mol. The van der Waals surface area contributed by atoms with Crippen LogP contribution in [0.3, 0.4) is 0 Å². The van der Waals surface area contributed by atoms with Crippen molar-refractivity contribution in [2.24, 2.45) is 0 Å². The van der Waals surface area contributed by atoms with E-state index in [-0.39, 0.29) is 0 Å². The second-order valence-electron chi connectivity index (χ2n) is 4.90. The highest BCUT2D eigenvalue weighted by molar-refractivity contribution is 7.07. The van der Waals surface area contributed by atoms with Crippen LogP contribution in [0, 0.1) is 0 Å². The van der Waals surface area contributed by atoms with E-state index in [2.05, 4.69) is 32.4 Å². The Morgan fingerprint density at radius 1 is 1.33 bits per heavy atom. The van der Waals surface area contributed by atoms with E-state index in [4.69, 9.17) is 0 Å². The molecule has 1 fully saturated rings. The van der Waals surface area contributed by atoms with Crippen LogP contribution in [0.2, 0.25) is 0 Å². The Morgan fingerprint density at radius 2 is 2.06 bits per heavy atom. The Labute approximate surface area is 114 Å². The predicted octanol–water partition coefficient (Wildman–Crippen LogP) is 1.43. The van der Waals surface area contributed by atoms with Gasteiger partial charge in [-0.25, -0.2) is 4.98 Å². The first-order chi connectivity index (χ1) is 8.83. The molecule has 0 aliphatic carbocycles. The van der Waals surface area contributed by atoms with Crippen LogP contribution in [0.15, 0.2) is 10.9 Å². The van der Waals surface area contributed by atoms with Crippen molar-refractivity contribution >= 4 is 11.3 Å². The Kier molecular flexibility index (Phi) is 5.56. The lowest BCUT2D eigenvalue weighted by Gasteiger charge is -2.36. The molecule has 0 saturated carbocycles. The van der Waals surface area contributed by atoms with E-state index in [1.165, 1.54) is 44.8 Å². The van der Waals surface area contributed by atoms with Crippen LogP contribution in [0.5, 0.6) is 0 Å². The lowest BCUT2D eigenvalue weighted by atomic mass is 10.2. The Morgan fingerprint density at radius 3 is 2.61 bits per heavy atom. The van der Waals surface area contributed by atoms with Crippen LogP contribution in [-0.2, 0) is 0 Å². The number of thiazole rings is 1. The molecule has 1 aromatic heterocycles. The first kappa shape index (κ1) is 13.9. The predicted molar refractivity (Wildman–Crippen MR) is 77.1 cm³/mol. The molecule has 0 spiro atoms. The van der Waals surface area contributed by atoms with Crippen molar-refractivity contribution < 1.29 is 0 Å². The summed E-state index contributed by atoms with van der Waals surface area (Å²) in [7, 11) is 2.03. The maximum atomic E-state index is 4.42. The summed E-state index contributed by atoms with van der Waals surface area (Å²) in [6, 6.07) is 0.369. The zero-order valence-corrected chi connectivity index (χ0v) is 12.2. The summed E-state index contributed by atoms with van der Waals surface area (Å²) in [6.45, 7) is 9.36. The molecule has 5 heteroatoms. The molecule has 1 saturated heterocycles. The van der Waals surface area contributed by atoms with Crippen molar-refractivity contribution in [3.05, 3.63) is 16.6 Å². The van der Waals surface area contributed by atoms with E-state index in [0.717, 1.165) is 6.54 Å². The van der Waals surface area contributed by atoms with E-state index < -0.39 is 0 Å². The van der Waals surface area contributed by atoms with Crippen molar-refractivity contribution in [1.82, 2.24) is 20.1 Å². The minimum Gasteiger partial charge on any atom is -0.311 e. The highest BCUT2D eigenvalue weighted by atomic mass is 32.1. The molecule has 1 aliphatic heterocycles. The quantitative estimate of drug-likeness (QED) is 0.846. The second kappa shape index (κ2) is 7.19. The molecular weight excluding hydrogens is 244 g/mol. The van der Waals surface area contributed by atoms with E-state index in [0.29, 0.717) is 6.04 Å². The van der Waals surface area contributed by atoms with Crippen LogP contribution in [0.4, 0.5) is 0 Å². The summed E-state index contributed by atoms with van der Waals surface area (Å²) < 4.78 is 0. The third kappa shape index (κ3) is 3.75. The summed E-state index contributed by atoms with van der Waals surface area (Å²) in [5, 5.41) is 5.52. The van der Waals surface area contributed by atoms with Crippen LogP contribution in [0.1, 0.15) is 25.1 Å². The summed E-state index contributed by atoms with van der Waals surface area (Å²) in [5.41, 5.74) is 3.09. The highest BCUT2D eigenvalue weighted by Gasteiger charge is 2.20. The fraction of sp³-hybridized carbons (Fsp3) is 0.769. The van der Waals surface area contributed by atoms with E-state index in [1.54, 1.807) is 11.3 Å². The fourth-order valence-corrected chi connectivity index (χ4v) is 3.10. The minimum absolute atomic E-state index is 0.369. The van der Waals surface area contributed by atoms with E-state index in [1.807, 2.05) is 12.6 Å². The largest absolute Gasteiger partial charge is 0.311 e. The van der Waals surface area contributed by atoms with Gasteiger partial charge < -0.3 is 10.2 Å². The van der Waals surface area contributed by atoms with Crippen molar-refractivity contribution in [2.75, 3.05) is 46.3 Å². The Bertz CT molecular complexity index is 320. The standard InChI is InChI=1S/C13H24N4S/c1-3-4-16-5-7-17(8-6-16)9-12(14-2)13-10-18-11-15-13/h10-12,14H,3-9H2,1-2H3. The van der Waals surface area contributed by atoms with Gasteiger partial charge in [0.1, 0.15) is 0 Å². The second-order valence-corrected chi connectivity index (χ2v) is 5.62. The van der Waals surface area contributed by atoms with Gasteiger partial charge in [0.2, 0.25) is 0 Å². The number of nitrogens with zero attached hydrogens (tertiary/aromatic N) is 3. The summed E-state index contributed by atoms with van der Waals surface area (Å²) >= 11 is 1.67. The molecule has 2 heterocycles. The zero-order chi connectivity index (χ0) is 12.8. The van der Waals surface area contributed by atoms with Crippen molar-refractivity contribution in [3.63, 3.8) is 0 Å². The number of aromatic nitrogens is 1. The van der Waals surface area contributed by atoms with Gasteiger partial charge in [-0.05, 0) is 20.0 Å². The van der Waals surface area contributed by atoms with Gasteiger partial charge in [-0.3, -0.25) is 4.90 Å². The third-order valence-electron chi connectivity index (χ3n) is 3.60. The normalized spacial score (nSPS) is 20.1. The summed E-state index contributed by atoms with van der Waals surface area (Å²) in [4.78, 5) is 9.53. The molecule has 1 unspecified atom stereocenters. The lowest BCUT2D eigenvalue weighted by Crippen LogP contribution is -2.48. The molecular formula is C13H24N4S. The fourth-order valence-electron chi connectivity index (χ4n) is 2.50. The highest BCUT2D eigenvalue weighted by Crippen LogP contribution is 2.15. The molecule has 1 N–H and O–H groups in total. The van der Waals surface area contributed by atoms with Gasteiger partial charge in [-0.1, -0.05) is 6.92 Å². The molecule has 0 radical (unpaired) electrons. The molecule has 1 atom stereocenters. The SMILES string of the molecule is CCCN1CCN(CC(NC)c2cscn2)CC1. The van der Waals surface area contributed by atoms with Gasteiger partial charge in [0, 0.05) is 38.1 Å². The molecule has 1 aliphatic rings. The van der Waals surface area contributed by atoms with Crippen LogP contribution in [-0.4, -0.2) is 61.1 Å². The summed E-state index contributed by atoms with van der Waals surface area (Å²) in [5.74, 6) is 0. The minimum atomic E-state index is 0.369. The first-order valence-corrected chi connectivity index (χ1v) is 7.77. The molecule has 2 rings (SSSR count). The number of hydrogen-bond donors (Lipinski definition) is 1. The topological polar surface area (TPSA) is 31.4 Å². The van der Waals surface area contributed by atoms with Gasteiger partial charge in [-0.15, -0.1) is 11.3 Å². The lowest BCUT2D eigenvalue weighted by molar-refractivity contribution is 0.123. The molecule has 102 valence electrons. The van der Waals surface area contributed by atoms with E-state index >= 15 is 0 Å². The zero-order valence-electron chi connectivity index (χ0n) is 11.4. The van der Waals surface area contributed by atoms with Gasteiger partial charge in [0.05, 0.1) is 17.2 Å². The van der Waals surface area contributed by atoms with Crippen molar-refractivity contribution in [1.29, 1.82) is 0 Å². The number of rotatable bonds is 6. The Balaban J connectivity index is 1.80. The maximum Gasteiger partial charge on any atom is 0.0795 e. The van der Waals surface area contributed by atoms with Crippen molar-refractivity contribution in [2.45, 2.75) is 19.4 Å². The number of piperazine rings is 1. The molecule has 1 aromatic rings. The van der Waals surface area contributed by atoms with Crippen molar-refractivity contribution in [3.8, 4) is 0 Å². The molecule has 0 bridgehead atoms. The maximum absolute atomic E-state index is 4.42. The average Bonchev–Trinajstić information content (AvgIpc) is 2.92. The molecule has 0 aromatic carbocycles. The number of hydrogen-bond acceptors (Lipinski definition) is 5. The number of nitrogens with one attached hydrogen (secondary N) is 1. The third-order valence-corrected chi connectivity index (χ3v) is 4.21. The molecule has 0 amide bonds. The van der Waals surface area contributed by atoms with E-state index in [9.17, 15) is 0 Å². The first-order valence-electron chi connectivity index (χ1n) is 6.83. The number of likely N-dealkylation sites (N-methyl/N-ethyl adjacent to an activating group) is 1. The van der Waals surface area contributed by atoms with Crippen LogP contribution in [0.25, 0.3) is 0 Å². The van der Waals surface area contributed by atoms with Crippen LogP contribution >= 0.6 is 11.3 Å². The smallest absolute Gasteiger partial charge is 0.0795 e. The van der Waals surface area contributed by atoms with Gasteiger partial charge in [0.25, 0.3) is 0 Å². The van der Waals surface area contributed by atoms with Gasteiger partial charge >= 0.3 is 0 Å². The van der Waals surface area contributed by atoms with Gasteiger partial charge in [0.15, 0.2) is 0 Å². The molecule has 18 heavy (non-hydrogen) atoms. The summed E-state index contributed by atoms with van der Waals surface area (Å²) in [6.07, 6.45) is 1.26. The average molecular weight is 268 g/mol. The van der Waals surface area contributed by atoms with Crippen LogP contribution < -0.4 is 5.32 Å². The molecule has 4 nitrogen and oxygen atoms in total. The van der Waals surface area contributed by atoms with Gasteiger partial charge in [-0.2, -0.15) is 0 Å². The Hall–Kier alpha value is -0.490.